The summed E-state index contributed by atoms with van der Waals surface area (Å²) in [6.07, 6.45) is 3.53. The third-order valence-electron chi connectivity index (χ3n) is 3.66. The number of hydrogen-bond donors (Lipinski definition) is 2. The van der Waals surface area contributed by atoms with Gasteiger partial charge in [-0.3, -0.25) is 10.1 Å². The molecule has 3 N–H and O–H groups in total. The number of rotatable bonds is 5. The average Bonchev–Trinajstić information content (AvgIpc) is 2.83. The minimum Gasteiger partial charge on any atom is -0.399 e. The molecule has 1 aliphatic carbocycles. The largest absolute Gasteiger partial charge is 0.399 e. The molecule has 0 aromatic heterocycles. The van der Waals surface area contributed by atoms with Crippen LogP contribution in [0.3, 0.4) is 0 Å². The van der Waals surface area contributed by atoms with Crippen LogP contribution in [-0.2, 0) is 4.74 Å². The highest BCUT2D eigenvalue weighted by molar-refractivity contribution is 5.67. The molecule has 0 bridgehead atoms. The second kappa shape index (κ2) is 5.88. The third-order valence-corrected chi connectivity index (χ3v) is 3.66. The van der Waals surface area contributed by atoms with Crippen LogP contribution in [0.2, 0.25) is 0 Å². The maximum atomic E-state index is 10.9. The number of nitro groups is 1. The van der Waals surface area contributed by atoms with Crippen LogP contribution in [0.5, 0.6) is 0 Å². The molecule has 2 atom stereocenters. The first-order chi connectivity index (χ1) is 9.11. The minimum absolute atomic E-state index is 0.0566. The van der Waals surface area contributed by atoms with Gasteiger partial charge in [-0.1, -0.05) is 6.42 Å². The maximum absolute atomic E-state index is 10.9. The van der Waals surface area contributed by atoms with Crippen molar-refractivity contribution in [1.29, 1.82) is 0 Å². The van der Waals surface area contributed by atoms with Gasteiger partial charge in [0.1, 0.15) is 5.69 Å². The first kappa shape index (κ1) is 13.6. The molecule has 6 heteroatoms. The normalized spacial score (nSPS) is 22.4. The molecule has 0 heterocycles. The lowest BCUT2D eigenvalue weighted by atomic mass is 10.1. The summed E-state index contributed by atoms with van der Waals surface area (Å²) < 4.78 is 5.42. The number of nitrogen functional groups attached to an aromatic ring is 1. The fourth-order valence-corrected chi connectivity index (χ4v) is 2.64. The van der Waals surface area contributed by atoms with Crippen LogP contribution in [0.4, 0.5) is 17.1 Å². The fourth-order valence-electron chi connectivity index (χ4n) is 2.64. The lowest BCUT2D eigenvalue weighted by Crippen LogP contribution is -2.24. The van der Waals surface area contributed by atoms with Crippen LogP contribution in [-0.4, -0.2) is 24.7 Å². The van der Waals surface area contributed by atoms with Gasteiger partial charge in [-0.25, -0.2) is 0 Å². The molecule has 2 unspecified atom stereocenters. The number of ether oxygens (including phenoxy) is 1. The Morgan fingerprint density at radius 3 is 3.00 bits per heavy atom. The number of anilines is 2. The molecule has 1 aromatic rings. The lowest BCUT2D eigenvalue weighted by Gasteiger charge is -2.19. The van der Waals surface area contributed by atoms with Crippen molar-refractivity contribution >= 4 is 17.1 Å². The van der Waals surface area contributed by atoms with E-state index < -0.39 is 4.92 Å². The monoisotopic (exact) mass is 265 g/mol. The van der Waals surface area contributed by atoms with Gasteiger partial charge in [-0.2, -0.15) is 0 Å². The van der Waals surface area contributed by atoms with E-state index in [0.717, 1.165) is 19.3 Å². The Hall–Kier alpha value is -1.82. The Bertz CT molecular complexity index is 464. The SMILES string of the molecule is COC1CCCC1CNc1cc(N)ccc1[N+](=O)[O-]. The Kier molecular flexibility index (Phi) is 4.21. The quantitative estimate of drug-likeness (QED) is 0.484. The van der Waals surface area contributed by atoms with E-state index in [1.165, 1.54) is 12.1 Å². The van der Waals surface area contributed by atoms with Crippen molar-refractivity contribution in [3.05, 3.63) is 28.3 Å². The molecule has 0 radical (unpaired) electrons. The zero-order chi connectivity index (χ0) is 13.8. The van der Waals surface area contributed by atoms with Gasteiger partial charge < -0.3 is 15.8 Å². The van der Waals surface area contributed by atoms with Gasteiger partial charge in [-0.15, -0.1) is 0 Å². The molecule has 0 amide bonds. The van der Waals surface area contributed by atoms with Gasteiger partial charge >= 0.3 is 0 Å². The highest BCUT2D eigenvalue weighted by Gasteiger charge is 2.27. The Morgan fingerprint density at radius 2 is 2.32 bits per heavy atom. The molecule has 0 spiro atoms. The van der Waals surface area contributed by atoms with Crippen molar-refractivity contribution in [1.82, 2.24) is 0 Å². The van der Waals surface area contributed by atoms with E-state index in [-0.39, 0.29) is 11.8 Å². The van der Waals surface area contributed by atoms with Gasteiger partial charge in [0.15, 0.2) is 0 Å². The predicted octanol–water partition coefficient (Wildman–Crippen LogP) is 2.40. The van der Waals surface area contributed by atoms with E-state index >= 15 is 0 Å². The average molecular weight is 265 g/mol. The van der Waals surface area contributed by atoms with E-state index in [1.807, 2.05) is 0 Å². The Balaban J connectivity index is 2.06. The zero-order valence-corrected chi connectivity index (χ0v) is 11.0. The van der Waals surface area contributed by atoms with Crippen molar-refractivity contribution in [2.75, 3.05) is 24.7 Å². The third kappa shape index (κ3) is 3.14. The van der Waals surface area contributed by atoms with Crippen molar-refractivity contribution in [2.45, 2.75) is 25.4 Å². The van der Waals surface area contributed by atoms with E-state index in [0.29, 0.717) is 23.8 Å². The minimum atomic E-state index is -0.399. The molecule has 2 rings (SSSR count). The second-order valence-electron chi connectivity index (χ2n) is 4.88. The Labute approximate surface area is 112 Å². The van der Waals surface area contributed by atoms with E-state index in [9.17, 15) is 10.1 Å². The van der Waals surface area contributed by atoms with Crippen molar-refractivity contribution in [3.63, 3.8) is 0 Å². The number of benzene rings is 1. The van der Waals surface area contributed by atoms with Gasteiger partial charge in [0.2, 0.25) is 0 Å². The smallest absolute Gasteiger partial charge is 0.292 e. The fraction of sp³-hybridized carbons (Fsp3) is 0.538. The summed E-state index contributed by atoms with van der Waals surface area (Å²) >= 11 is 0. The number of nitrogens with two attached hydrogens (primary N) is 1. The zero-order valence-electron chi connectivity index (χ0n) is 11.0. The maximum Gasteiger partial charge on any atom is 0.292 e. The molecule has 1 saturated carbocycles. The van der Waals surface area contributed by atoms with Crippen LogP contribution in [0, 0.1) is 16.0 Å². The molecule has 0 saturated heterocycles. The van der Waals surface area contributed by atoms with E-state index in [1.54, 1.807) is 13.2 Å². The molecule has 1 aliphatic rings. The summed E-state index contributed by atoms with van der Waals surface area (Å²) in [5, 5.41) is 14.1. The molecule has 0 aliphatic heterocycles. The highest BCUT2D eigenvalue weighted by atomic mass is 16.6. The molecule has 6 nitrogen and oxygen atoms in total. The molecular formula is C13H19N3O3. The first-order valence-electron chi connectivity index (χ1n) is 6.42. The van der Waals surface area contributed by atoms with Gasteiger partial charge in [0.25, 0.3) is 5.69 Å². The Morgan fingerprint density at radius 1 is 1.53 bits per heavy atom. The summed E-state index contributed by atoms with van der Waals surface area (Å²) in [5.74, 6) is 0.394. The van der Waals surface area contributed by atoms with Gasteiger partial charge in [-0.05, 0) is 25.0 Å². The van der Waals surface area contributed by atoms with E-state index in [4.69, 9.17) is 10.5 Å². The summed E-state index contributed by atoms with van der Waals surface area (Å²) in [5.41, 5.74) is 6.73. The molecular weight excluding hydrogens is 246 g/mol. The number of methoxy groups -OCH3 is 1. The number of hydrogen-bond acceptors (Lipinski definition) is 5. The summed E-state index contributed by atoms with van der Waals surface area (Å²) in [6.45, 7) is 0.669. The molecule has 104 valence electrons. The van der Waals surface area contributed by atoms with Crippen molar-refractivity contribution < 1.29 is 9.66 Å². The molecule has 1 fully saturated rings. The van der Waals surface area contributed by atoms with Crippen LogP contribution in [0.1, 0.15) is 19.3 Å². The first-order valence-corrected chi connectivity index (χ1v) is 6.42. The van der Waals surface area contributed by atoms with E-state index in [2.05, 4.69) is 5.32 Å². The number of nitro benzene ring substituents is 1. The topological polar surface area (TPSA) is 90.4 Å². The van der Waals surface area contributed by atoms with Crippen molar-refractivity contribution in [3.8, 4) is 0 Å². The number of nitrogens with zero attached hydrogens (tertiary/aromatic N) is 1. The summed E-state index contributed by atoms with van der Waals surface area (Å²) in [6, 6.07) is 4.58. The molecule has 1 aromatic carbocycles. The number of nitrogens with one attached hydrogen (secondary N) is 1. The van der Waals surface area contributed by atoms with Gasteiger partial charge in [0, 0.05) is 31.3 Å². The standard InChI is InChI=1S/C13H19N3O3/c1-19-13-4-2-3-9(13)8-15-11-7-10(14)5-6-12(11)16(17)18/h5-7,9,13,15H,2-4,8,14H2,1H3. The van der Waals surface area contributed by atoms with Crippen LogP contribution >= 0.6 is 0 Å². The lowest BCUT2D eigenvalue weighted by molar-refractivity contribution is -0.383. The van der Waals surface area contributed by atoms with Crippen molar-refractivity contribution in [2.24, 2.45) is 5.92 Å². The predicted molar refractivity (Wildman–Crippen MR) is 74.1 cm³/mol. The highest BCUT2D eigenvalue weighted by Crippen LogP contribution is 2.30. The second-order valence-corrected chi connectivity index (χ2v) is 4.88. The summed E-state index contributed by atoms with van der Waals surface area (Å²) in [7, 11) is 1.71. The molecule has 19 heavy (non-hydrogen) atoms. The van der Waals surface area contributed by atoms with Crippen LogP contribution in [0.25, 0.3) is 0 Å². The van der Waals surface area contributed by atoms with Gasteiger partial charge in [0.05, 0.1) is 11.0 Å². The summed E-state index contributed by atoms with van der Waals surface area (Å²) in [4.78, 5) is 10.6. The van der Waals surface area contributed by atoms with Crippen LogP contribution < -0.4 is 11.1 Å². The van der Waals surface area contributed by atoms with Crippen LogP contribution in [0.15, 0.2) is 18.2 Å².